The molecule has 1 unspecified atom stereocenters. The van der Waals surface area contributed by atoms with Gasteiger partial charge >= 0.3 is 6.03 Å². The summed E-state index contributed by atoms with van der Waals surface area (Å²) in [5.74, 6) is -1.87. The van der Waals surface area contributed by atoms with Crippen LogP contribution in [0.15, 0.2) is 24.3 Å². The molecule has 2 aliphatic rings. The Morgan fingerprint density at radius 1 is 0.979 bits per heavy atom. The monoisotopic (exact) mass is 655 g/mol. The number of ether oxygens (including phenoxy) is 1. The molecule has 1 aliphatic carbocycles. The number of nitrogens with two attached hydrogens (primary N) is 1. The Labute approximate surface area is 278 Å². The predicted molar refractivity (Wildman–Crippen MR) is 177 cm³/mol. The number of Topliss-reactive ketones (excluding diaryl/α,β-unsaturated/α-hetero) is 2. The SMILES string of the molecule is COc1ccc(C(=O)CC(C)(C)CNC(=O)N[C@H](C(=O)N2C[C@H](C(C)C)C[C@H]2C(=O)NC(CC2CC2)C(=O)C(N)=O)C(C)(C)C)cc1. The molecule has 12 nitrogen and oxygen atoms in total. The van der Waals surface area contributed by atoms with Crippen LogP contribution in [0.25, 0.3) is 0 Å². The van der Waals surface area contributed by atoms with Gasteiger partial charge in [0.25, 0.3) is 5.91 Å². The summed E-state index contributed by atoms with van der Waals surface area (Å²) in [5.41, 5.74) is 4.51. The van der Waals surface area contributed by atoms with Crippen LogP contribution in [0, 0.1) is 28.6 Å². The van der Waals surface area contributed by atoms with Crippen molar-refractivity contribution in [3.05, 3.63) is 29.8 Å². The number of amides is 5. The number of hydrogen-bond acceptors (Lipinski definition) is 7. The number of benzene rings is 1. The zero-order chi connectivity index (χ0) is 35.3. The molecule has 1 aromatic rings. The van der Waals surface area contributed by atoms with Crippen LogP contribution in [0.1, 0.15) is 90.9 Å². The standard InChI is InChI=1S/C35H53N5O7/c1-20(2)23-16-26(31(44)38-25(15-21-9-10-21)28(42)30(36)43)40(18-23)32(45)29(34(3,4)5)39-33(46)37-19-35(6,7)17-27(41)22-11-13-24(47-8)14-12-22/h11-14,20-21,23,25-26,29H,9-10,15-19H2,1-8H3,(H2,36,43)(H,38,44)(H2,37,39,46)/t23-,25?,26+,29-/m1/s1. The quantitative estimate of drug-likeness (QED) is 0.166. The van der Waals surface area contributed by atoms with Gasteiger partial charge in [0.15, 0.2) is 5.78 Å². The summed E-state index contributed by atoms with van der Waals surface area (Å²) < 4.78 is 5.16. The first-order valence-corrected chi connectivity index (χ1v) is 16.5. The molecule has 1 saturated carbocycles. The zero-order valence-electron chi connectivity index (χ0n) is 29.1. The largest absolute Gasteiger partial charge is 0.497 e. The summed E-state index contributed by atoms with van der Waals surface area (Å²) in [6, 6.07) is 3.38. The molecule has 1 aliphatic heterocycles. The van der Waals surface area contributed by atoms with Crippen LogP contribution in [0.2, 0.25) is 0 Å². The zero-order valence-corrected chi connectivity index (χ0v) is 29.1. The normalized spacial score (nSPS) is 19.5. The van der Waals surface area contributed by atoms with E-state index >= 15 is 0 Å². The highest BCUT2D eigenvalue weighted by molar-refractivity contribution is 6.37. The summed E-state index contributed by atoms with van der Waals surface area (Å²) in [7, 11) is 1.56. The fourth-order valence-electron chi connectivity index (χ4n) is 5.89. The van der Waals surface area contributed by atoms with Crippen molar-refractivity contribution in [1.29, 1.82) is 0 Å². The maximum atomic E-state index is 14.2. The molecule has 0 aromatic heterocycles. The first kappa shape index (κ1) is 37.5. The van der Waals surface area contributed by atoms with Crippen LogP contribution in [-0.4, -0.2) is 78.5 Å². The second-order valence-corrected chi connectivity index (χ2v) is 15.3. The Hall–Kier alpha value is -3.96. The molecule has 47 heavy (non-hydrogen) atoms. The van der Waals surface area contributed by atoms with E-state index in [-0.39, 0.29) is 36.5 Å². The Morgan fingerprint density at radius 3 is 2.11 bits per heavy atom. The fraction of sp³-hybridized carbons (Fsp3) is 0.657. The van der Waals surface area contributed by atoms with E-state index in [4.69, 9.17) is 10.5 Å². The molecule has 5 amide bonds. The number of rotatable bonds is 15. The number of carbonyl (C=O) groups excluding carboxylic acids is 6. The van der Waals surface area contributed by atoms with Gasteiger partial charge in [-0.25, -0.2) is 4.79 Å². The van der Waals surface area contributed by atoms with Crippen molar-refractivity contribution in [1.82, 2.24) is 20.9 Å². The van der Waals surface area contributed by atoms with Crippen LogP contribution in [0.4, 0.5) is 4.79 Å². The van der Waals surface area contributed by atoms with Crippen LogP contribution >= 0.6 is 0 Å². The number of likely N-dealkylation sites (tertiary alicyclic amines) is 1. The third kappa shape index (κ3) is 10.5. The first-order chi connectivity index (χ1) is 21.8. The van der Waals surface area contributed by atoms with E-state index in [0.717, 1.165) is 12.8 Å². The van der Waals surface area contributed by atoms with Crippen molar-refractivity contribution in [3.63, 3.8) is 0 Å². The van der Waals surface area contributed by atoms with E-state index in [1.807, 2.05) is 48.5 Å². The van der Waals surface area contributed by atoms with Crippen molar-refractivity contribution in [3.8, 4) is 5.75 Å². The molecule has 5 N–H and O–H groups in total. The topological polar surface area (TPSA) is 177 Å². The maximum absolute atomic E-state index is 14.2. The van der Waals surface area contributed by atoms with Crippen molar-refractivity contribution in [2.24, 2.45) is 34.3 Å². The Kier molecular flexibility index (Phi) is 12.2. The van der Waals surface area contributed by atoms with Crippen molar-refractivity contribution >= 4 is 35.3 Å². The lowest BCUT2D eigenvalue weighted by atomic mass is 9.85. The number of nitrogens with one attached hydrogen (secondary N) is 3. The van der Waals surface area contributed by atoms with Gasteiger partial charge in [-0.05, 0) is 65.7 Å². The highest BCUT2D eigenvalue weighted by Gasteiger charge is 2.46. The summed E-state index contributed by atoms with van der Waals surface area (Å²) in [6.45, 7) is 13.8. The number of carbonyl (C=O) groups is 6. The van der Waals surface area contributed by atoms with Crippen molar-refractivity contribution in [2.45, 2.75) is 98.7 Å². The van der Waals surface area contributed by atoms with Gasteiger partial charge in [0.2, 0.25) is 17.6 Å². The Morgan fingerprint density at radius 2 is 1.60 bits per heavy atom. The lowest BCUT2D eigenvalue weighted by molar-refractivity contribution is -0.143. The van der Waals surface area contributed by atoms with Crippen LogP contribution < -0.4 is 26.4 Å². The number of nitrogens with zero attached hydrogens (tertiary/aromatic N) is 1. The number of primary amides is 1. The Balaban J connectivity index is 1.70. The lowest BCUT2D eigenvalue weighted by Gasteiger charge is -2.36. The molecule has 0 spiro atoms. The molecule has 4 atom stereocenters. The number of hydrogen-bond donors (Lipinski definition) is 4. The fourth-order valence-corrected chi connectivity index (χ4v) is 5.89. The Bertz CT molecular complexity index is 1330. The second-order valence-electron chi connectivity index (χ2n) is 15.3. The second kappa shape index (κ2) is 15.3. The minimum Gasteiger partial charge on any atom is -0.497 e. The van der Waals surface area contributed by atoms with Crippen molar-refractivity contribution < 1.29 is 33.5 Å². The van der Waals surface area contributed by atoms with Gasteiger partial charge in [-0.15, -0.1) is 0 Å². The lowest BCUT2D eigenvalue weighted by Crippen LogP contribution is -2.60. The molecule has 12 heteroatoms. The summed E-state index contributed by atoms with van der Waals surface area (Å²) in [5, 5.41) is 8.38. The molecule has 260 valence electrons. The van der Waals surface area contributed by atoms with Gasteiger partial charge < -0.3 is 31.3 Å². The van der Waals surface area contributed by atoms with E-state index in [1.165, 1.54) is 4.90 Å². The van der Waals surface area contributed by atoms with Gasteiger partial charge in [0.1, 0.15) is 17.8 Å². The van der Waals surface area contributed by atoms with Gasteiger partial charge in [0.05, 0.1) is 13.2 Å². The van der Waals surface area contributed by atoms with Gasteiger partial charge in [-0.1, -0.05) is 61.3 Å². The molecule has 0 bridgehead atoms. The summed E-state index contributed by atoms with van der Waals surface area (Å²) in [6.07, 6.45) is 2.73. The molecule has 3 rings (SSSR count). The number of urea groups is 1. The van der Waals surface area contributed by atoms with Crippen molar-refractivity contribution in [2.75, 3.05) is 20.2 Å². The van der Waals surface area contributed by atoms with Crippen LogP contribution in [0.3, 0.4) is 0 Å². The maximum Gasteiger partial charge on any atom is 0.315 e. The predicted octanol–water partition coefficient (Wildman–Crippen LogP) is 3.22. The first-order valence-electron chi connectivity index (χ1n) is 16.5. The van der Waals surface area contributed by atoms with E-state index in [2.05, 4.69) is 16.0 Å². The van der Waals surface area contributed by atoms with Crippen LogP contribution in [0.5, 0.6) is 5.75 Å². The minimum absolute atomic E-state index is 0.0157. The minimum atomic E-state index is -1.10. The average Bonchev–Trinajstić information content (AvgIpc) is 3.69. The van der Waals surface area contributed by atoms with E-state index in [1.54, 1.807) is 31.4 Å². The highest BCUT2D eigenvalue weighted by atomic mass is 16.5. The average molecular weight is 656 g/mol. The van der Waals surface area contributed by atoms with Gasteiger partial charge in [-0.2, -0.15) is 0 Å². The molecule has 1 heterocycles. The number of methoxy groups -OCH3 is 1. The van der Waals surface area contributed by atoms with E-state index in [9.17, 15) is 28.8 Å². The molecular formula is C35H53N5O7. The molecule has 2 fully saturated rings. The van der Waals surface area contributed by atoms with Gasteiger partial charge in [-0.3, -0.25) is 24.0 Å². The summed E-state index contributed by atoms with van der Waals surface area (Å²) in [4.78, 5) is 79.7. The van der Waals surface area contributed by atoms with E-state index in [0.29, 0.717) is 30.7 Å². The van der Waals surface area contributed by atoms with Crippen LogP contribution in [-0.2, 0) is 19.2 Å². The van der Waals surface area contributed by atoms with E-state index < -0.39 is 58.5 Å². The molecule has 0 radical (unpaired) electrons. The third-order valence-electron chi connectivity index (χ3n) is 9.17. The molecular weight excluding hydrogens is 602 g/mol. The third-order valence-corrected chi connectivity index (χ3v) is 9.17. The van der Waals surface area contributed by atoms with Gasteiger partial charge in [0, 0.05) is 25.1 Å². The molecule has 1 aromatic carbocycles. The molecule has 1 saturated heterocycles. The summed E-state index contributed by atoms with van der Waals surface area (Å²) >= 11 is 0. The number of ketones is 2. The smallest absolute Gasteiger partial charge is 0.315 e. The highest BCUT2D eigenvalue weighted by Crippen LogP contribution is 2.35.